The van der Waals surface area contributed by atoms with E-state index in [4.69, 9.17) is 4.74 Å². The Kier molecular flexibility index (Phi) is 5.81. The Hall–Kier alpha value is -3.15. The molecule has 162 valence electrons. The number of aliphatic hydroxyl groups is 1. The Bertz CT molecular complexity index is 1160. The van der Waals surface area contributed by atoms with E-state index in [2.05, 4.69) is 15.0 Å². The predicted molar refractivity (Wildman–Crippen MR) is 108 cm³/mol. The Labute approximate surface area is 178 Å². The van der Waals surface area contributed by atoms with Gasteiger partial charge in [0, 0.05) is 43.0 Å². The van der Waals surface area contributed by atoms with Crippen LogP contribution >= 0.6 is 0 Å². The van der Waals surface area contributed by atoms with Gasteiger partial charge in [-0.15, -0.1) is 0 Å². The molecule has 0 saturated heterocycles. The van der Waals surface area contributed by atoms with Crippen LogP contribution in [0.4, 0.5) is 14.5 Å². The standard InChI is InChI=1S/C20H18F2N4O4S/c1-26-9-16-19(17(26)20(28)24-12-4-5-13(21)14(22)7-12)30-10-15(25-31(16)29)18(27)11-3-2-6-23-8-11/h2-9,15,18,25,27H,10H2,1H3,(H,24,28). The lowest BCUT2D eigenvalue weighted by atomic mass is 10.1. The van der Waals surface area contributed by atoms with Crippen LogP contribution in [0.1, 0.15) is 22.2 Å². The minimum atomic E-state index is -1.78. The van der Waals surface area contributed by atoms with Crippen LogP contribution < -0.4 is 14.8 Å². The maximum absolute atomic E-state index is 13.5. The molecule has 3 atom stereocenters. The smallest absolute Gasteiger partial charge is 0.276 e. The largest absolute Gasteiger partial charge is 0.488 e. The molecule has 0 bridgehead atoms. The second-order valence-electron chi connectivity index (χ2n) is 6.90. The minimum Gasteiger partial charge on any atom is -0.488 e. The summed E-state index contributed by atoms with van der Waals surface area (Å²) in [4.78, 5) is 17.0. The highest BCUT2D eigenvalue weighted by molar-refractivity contribution is 7.83. The quantitative estimate of drug-likeness (QED) is 0.567. The van der Waals surface area contributed by atoms with Crippen molar-refractivity contribution in [1.29, 1.82) is 0 Å². The van der Waals surface area contributed by atoms with Crippen molar-refractivity contribution >= 4 is 22.6 Å². The lowest BCUT2D eigenvalue weighted by molar-refractivity contribution is 0.0997. The van der Waals surface area contributed by atoms with Crippen LogP contribution in [0, 0.1) is 11.6 Å². The molecule has 3 heterocycles. The van der Waals surface area contributed by atoms with Crippen LogP contribution in [0.3, 0.4) is 0 Å². The van der Waals surface area contributed by atoms with Gasteiger partial charge in [-0.05, 0) is 18.2 Å². The summed E-state index contributed by atoms with van der Waals surface area (Å²) in [5.41, 5.74) is 0.618. The van der Waals surface area contributed by atoms with Crippen molar-refractivity contribution in [3.05, 3.63) is 71.8 Å². The summed E-state index contributed by atoms with van der Waals surface area (Å²) in [5.74, 6) is -2.71. The molecule has 4 rings (SSSR count). The maximum atomic E-state index is 13.5. The topological polar surface area (TPSA) is 105 Å². The number of aryl methyl sites for hydroxylation is 1. The third-order valence-electron chi connectivity index (χ3n) is 4.77. The van der Waals surface area contributed by atoms with E-state index in [0.29, 0.717) is 5.56 Å². The molecule has 1 amide bonds. The Morgan fingerprint density at radius 2 is 2.19 bits per heavy atom. The highest BCUT2D eigenvalue weighted by Gasteiger charge is 2.33. The second-order valence-corrected chi connectivity index (χ2v) is 8.11. The molecule has 3 unspecified atom stereocenters. The van der Waals surface area contributed by atoms with Crippen LogP contribution in [0.15, 0.2) is 53.8 Å². The summed E-state index contributed by atoms with van der Waals surface area (Å²) in [5, 5.41) is 13.1. The zero-order valence-corrected chi connectivity index (χ0v) is 17.0. The number of pyridine rings is 1. The molecule has 1 aromatic carbocycles. The number of hydrogen-bond donors (Lipinski definition) is 3. The molecule has 2 aromatic heterocycles. The number of hydrogen-bond acceptors (Lipinski definition) is 5. The number of aliphatic hydroxyl groups excluding tert-OH is 1. The van der Waals surface area contributed by atoms with Crippen molar-refractivity contribution in [2.24, 2.45) is 7.05 Å². The van der Waals surface area contributed by atoms with Crippen molar-refractivity contribution < 1.29 is 27.6 Å². The summed E-state index contributed by atoms with van der Waals surface area (Å²) in [6.45, 7) is -0.0791. The monoisotopic (exact) mass is 448 g/mol. The molecule has 3 N–H and O–H groups in total. The van der Waals surface area contributed by atoms with Gasteiger partial charge in [0.15, 0.2) is 23.1 Å². The average Bonchev–Trinajstić information content (AvgIpc) is 3.01. The van der Waals surface area contributed by atoms with Crippen LogP contribution in [-0.4, -0.2) is 37.4 Å². The van der Waals surface area contributed by atoms with Gasteiger partial charge in [-0.25, -0.2) is 17.7 Å². The second kappa shape index (κ2) is 8.53. The first kappa shape index (κ1) is 21.1. The van der Waals surface area contributed by atoms with Gasteiger partial charge in [0.05, 0.1) is 6.04 Å². The number of nitrogens with one attached hydrogen (secondary N) is 2. The zero-order chi connectivity index (χ0) is 22.1. The van der Waals surface area contributed by atoms with Gasteiger partial charge in [-0.2, -0.15) is 0 Å². The summed E-state index contributed by atoms with van der Waals surface area (Å²) in [6, 6.07) is 5.60. The van der Waals surface area contributed by atoms with E-state index >= 15 is 0 Å². The normalized spacial score (nSPS) is 19.1. The molecule has 8 nitrogen and oxygen atoms in total. The lowest BCUT2D eigenvalue weighted by Gasteiger charge is -2.21. The summed E-state index contributed by atoms with van der Waals surface area (Å²) in [7, 11) is -0.215. The van der Waals surface area contributed by atoms with Gasteiger partial charge in [0.25, 0.3) is 5.91 Å². The molecule has 0 spiro atoms. The number of ether oxygens (including phenoxy) is 1. The molecule has 1 aliphatic heterocycles. The molecular weight excluding hydrogens is 430 g/mol. The van der Waals surface area contributed by atoms with E-state index in [1.807, 2.05) is 0 Å². The number of fused-ring (bicyclic) bond motifs is 1. The van der Waals surface area contributed by atoms with Crippen LogP contribution in [0.25, 0.3) is 0 Å². The van der Waals surface area contributed by atoms with Crippen molar-refractivity contribution in [3.63, 3.8) is 0 Å². The number of rotatable bonds is 4. The van der Waals surface area contributed by atoms with E-state index in [0.717, 1.165) is 12.1 Å². The first-order valence-electron chi connectivity index (χ1n) is 9.19. The van der Waals surface area contributed by atoms with Crippen molar-refractivity contribution in [3.8, 4) is 5.75 Å². The van der Waals surface area contributed by atoms with Crippen molar-refractivity contribution in [2.75, 3.05) is 11.9 Å². The van der Waals surface area contributed by atoms with Gasteiger partial charge in [0.1, 0.15) is 28.6 Å². The van der Waals surface area contributed by atoms with Crippen molar-refractivity contribution in [1.82, 2.24) is 14.3 Å². The van der Waals surface area contributed by atoms with E-state index in [-0.39, 0.29) is 28.6 Å². The highest BCUT2D eigenvalue weighted by Crippen LogP contribution is 2.33. The Balaban J connectivity index is 1.58. The van der Waals surface area contributed by atoms with Gasteiger partial charge in [-0.3, -0.25) is 9.78 Å². The first-order valence-corrected chi connectivity index (χ1v) is 10.3. The van der Waals surface area contributed by atoms with Crippen LogP contribution in [-0.2, 0) is 18.0 Å². The Morgan fingerprint density at radius 1 is 1.39 bits per heavy atom. The molecule has 31 heavy (non-hydrogen) atoms. The number of carbonyl (C=O) groups is 1. The summed E-state index contributed by atoms with van der Waals surface area (Å²) >= 11 is 0. The van der Waals surface area contributed by atoms with E-state index in [9.17, 15) is 22.9 Å². The fourth-order valence-electron chi connectivity index (χ4n) is 3.22. The lowest BCUT2D eigenvalue weighted by Crippen LogP contribution is -2.39. The fraction of sp³-hybridized carbons (Fsp3) is 0.200. The third-order valence-corrected chi connectivity index (χ3v) is 5.97. The SMILES string of the molecule is Cn1cc2c(c1C(=O)Nc1ccc(F)c(F)c1)OCC(C(O)c1cccnc1)NS2=O. The van der Waals surface area contributed by atoms with Crippen LogP contribution in [0.2, 0.25) is 0 Å². The molecular formula is C20H18F2N4O4S. The molecule has 1 aliphatic rings. The third kappa shape index (κ3) is 4.20. The number of nitrogens with zero attached hydrogens (tertiary/aromatic N) is 2. The predicted octanol–water partition coefficient (Wildman–Crippen LogP) is 2.06. The number of halogens is 2. The molecule has 0 radical (unpaired) electrons. The average molecular weight is 448 g/mol. The molecule has 0 aliphatic carbocycles. The molecule has 0 fully saturated rings. The van der Waals surface area contributed by atoms with E-state index in [1.165, 1.54) is 23.0 Å². The van der Waals surface area contributed by atoms with E-state index in [1.54, 1.807) is 25.4 Å². The van der Waals surface area contributed by atoms with Gasteiger partial charge < -0.3 is 19.7 Å². The maximum Gasteiger partial charge on any atom is 0.276 e. The number of carbonyl (C=O) groups excluding carboxylic acids is 1. The number of benzene rings is 1. The number of amides is 1. The summed E-state index contributed by atoms with van der Waals surface area (Å²) < 4.78 is 49.4. The van der Waals surface area contributed by atoms with Gasteiger partial charge in [-0.1, -0.05) is 6.07 Å². The molecule has 3 aromatic rings. The first-order chi connectivity index (χ1) is 14.8. The van der Waals surface area contributed by atoms with Gasteiger partial charge >= 0.3 is 0 Å². The minimum absolute atomic E-state index is 0.0476. The van der Waals surface area contributed by atoms with Gasteiger partial charge in [0.2, 0.25) is 0 Å². The highest BCUT2D eigenvalue weighted by atomic mass is 32.2. The zero-order valence-electron chi connectivity index (χ0n) is 16.2. The number of aromatic nitrogens is 2. The van der Waals surface area contributed by atoms with Crippen molar-refractivity contribution in [2.45, 2.75) is 17.0 Å². The van der Waals surface area contributed by atoms with Crippen LogP contribution in [0.5, 0.6) is 5.75 Å². The summed E-state index contributed by atoms with van der Waals surface area (Å²) in [6.07, 6.45) is 3.49. The Morgan fingerprint density at radius 3 is 2.90 bits per heavy atom. The fourth-order valence-corrected chi connectivity index (χ4v) is 4.40. The molecule has 11 heteroatoms. The van der Waals surface area contributed by atoms with E-state index < -0.39 is 40.7 Å². The number of anilines is 1. The molecule has 0 saturated carbocycles.